The maximum Gasteiger partial charge on any atom is 0.472 e. The second-order valence-corrected chi connectivity index (χ2v) is 14.6. The van der Waals surface area contributed by atoms with E-state index in [1.165, 1.54) is 19.3 Å². The predicted molar refractivity (Wildman–Crippen MR) is 221 cm³/mol. The highest BCUT2D eigenvalue weighted by molar-refractivity contribution is 7.47. The first-order chi connectivity index (χ1) is 26.6. The van der Waals surface area contributed by atoms with Crippen molar-refractivity contribution in [2.24, 2.45) is 5.73 Å². The molecule has 12 heteroatoms. The van der Waals surface area contributed by atoms with Gasteiger partial charge in [-0.1, -0.05) is 150 Å². The molecule has 2 unspecified atom stereocenters. The lowest BCUT2D eigenvalue weighted by atomic mass is 10.1. The lowest BCUT2D eigenvalue weighted by Crippen LogP contribution is -2.34. The molecule has 0 spiro atoms. The van der Waals surface area contributed by atoms with Gasteiger partial charge in [-0.3, -0.25) is 23.4 Å². The van der Waals surface area contributed by atoms with E-state index in [1.807, 2.05) is 48.6 Å². The second kappa shape index (κ2) is 37.6. The minimum absolute atomic E-state index is 0.127. The lowest BCUT2D eigenvalue weighted by molar-refractivity contribution is -0.161. The van der Waals surface area contributed by atoms with Crippen molar-refractivity contribution in [3.8, 4) is 0 Å². The van der Waals surface area contributed by atoms with Crippen LogP contribution in [0.15, 0.2) is 85.1 Å². The molecule has 0 aromatic carbocycles. The van der Waals surface area contributed by atoms with Gasteiger partial charge in [0.1, 0.15) is 12.6 Å². The van der Waals surface area contributed by atoms with E-state index in [1.54, 1.807) is 0 Å². The minimum atomic E-state index is -4.73. The van der Waals surface area contributed by atoms with Crippen molar-refractivity contribution in [2.45, 2.75) is 148 Å². The molecule has 55 heavy (non-hydrogen) atoms. The zero-order chi connectivity index (χ0) is 40.7. The quantitative estimate of drug-likeness (QED) is 0.0239. The van der Waals surface area contributed by atoms with E-state index in [0.29, 0.717) is 12.8 Å². The van der Waals surface area contributed by atoms with Gasteiger partial charge in [0.2, 0.25) is 0 Å². The van der Waals surface area contributed by atoms with E-state index in [2.05, 4.69) is 54.8 Å². The van der Waals surface area contributed by atoms with Crippen molar-refractivity contribution >= 4 is 25.7 Å². The molecule has 0 aliphatic carbocycles. The van der Waals surface area contributed by atoms with Crippen LogP contribution in [0.3, 0.4) is 0 Å². The second-order valence-electron chi connectivity index (χ2n) is 13.2. The fraction of sp³-hybridized carbons (Fsp3) is 0.605. The van der Waals surface area contributed by atoms with E-state index in [-0.39, 0.29) is 19.4 Å². The van der Waals surface area contributed by atoms with Crippen LogP contribution in [-0.4, -0.2) is 59.9 Å². The van der Waals surface area contributed by atoms with Crippen molar-refractivity contribution in [2.75, 3.05) is 19.8 Å². The highest BCUT2D eigenvalue weighted by Crippen LogP contribution is 2.43. The summed E-state index contributed by atoms with van der Waals surface area (Å²) in [5.74, 6) is -2.45. The fourth-order valence-corrected chi connectivity index (χ4v) is 5.62. The molecule has 0 saturated carbocycles. The average Bonchev–Trinajstić information content (AvgIpc) is 3.16. The lowest BCUT2D eigenvalue weighted by Gasteiger charge is -2.20. The average molecular weight is 792 g/mol. The van der Waals surface area contributed by atoms with Gasteiger partial charge in [0.25, 0.3) is 0 Å². The number of carbonyl (C=O) groups excluding carboxylic acids is 2. The van der Waals surface area contributed by atoms with Crippen LogP contribution in [0.25, 0.3) is 0 Å². The summed E-state index contributed by atoms with van der Waals surface area (Å²) >= 11 is 0. The Hall–Kier alpha value is -3.34. The number of hydrogen-bond acceptors (Lipinski definition) is 9. The molecule has 0 rings (SSSR count). The summed E-state index contributed by atoms with van der Waals surface area (Å²) < 4.78 is 32.6. The summed E-state index contributed by atoms with van der Waals surface area (Å²) in [6.45, 7) is 2.55. The monoisotopic (exact) mass is 791 g/mol. The molecule has 11 nitrogen and oxygen atoms in total. The van der Waals surface area contributed by atoms with Gasteiger partial charge < -0.3 is 25.2 Å². The van der Waals surface area contributed by atoms with Crippen molar-refractivity contribution in [1.82, 2.24) is 0 Å². The van der Waals surface area contributed by atoms with E-state index in [4.69, 9.17) is 24.8 Å². The van der Waals surface area contributed by atoms with Crippen molar-refractivity contribution in [3.63, 3.8) is 0 Å². The molecule has 0 saturated heterocycles. The van der Waals surface area contributed by atoms with Crippen LogP contribution < -0.4 is 5.73 Å². The number of phosphoric ester groups is 1. The summed E-state index contributed by atoms with van der Waals surface area (Å²) in [6.07, 6.45) is 45.0. The van der Waals surface area contributed by atoms with Crippen LogP contribution >= 0.6 is 7.82 Å². The SMILES string of the molecule is CC/C=C/C=C/C=C/CCCCCCCC(=O)OC(COC(=O)CCCCCCC/C=C/C=C/C=C/C=C/CCCCC)COP(=O)(O)OC[C@@H](N)C(=O)O. The number of phosphoric acid groups is 1. The van der Waals surface area contributed by atoms with E-state index in [0.717, 1.165) is 77.0 Å². The number of carbonyl (C=O) groups is 3. The molecule has 0 bridgehead atoms. The van der Waals surface area contributed by atoms with Crippen LogP contribution in [0.5, 0.6) is 0 Å². The molecule has 0 aromatic rings. The van der Waals surface area contributed by atoms with Crippen LogP contribution in [0, 0.1) is 0 Å². The van der Waals surface area contributed by atoms with Crippen LogP contribution in [0.1, 0.15) is 136 Å². The number of hydrogen-bond donors (Lipinski definition) is 3. The predicted octanol–water partition coefficient (Wildman–Crippen LogP) is 10.3. The molecule has 0 aromatic heterocycles. The third-order valence-electron chi connectivity index (χ3n) is 8.03. The molecule has 312 valence electrons. The molecule has 0 aliphatic rings. The summed E-state index contributed by atoms with van der Waals surface area (Å²) in [4.78, 5) is 45.8. The Labute approximate surface area is 331 Å². The first-order valence-electron chi connectivity index (χ1n) is 20.2. The molecule has 4 N–H and O–H groups in total. The van der Waals surface area contributed by atoms with Crippen LogP contribution in [-0.2, 0) is 37.5 Å². The molecule has 0 fully saturated rings. The fourth-order valence-electron chi connectivity index (χ4n) is 4.84. The van der Waals surface area contributed by atoms with Crippen LogP contribution in [0.4, 0.5) is 0 Å². The molecule has 0 heterocycles. The third kappa shape index (κ3) is 37.4. The van der Waals surface area contributed by atoms with Crippen molar-refractivity contribution in [1.29, 1.82) is 0 Å². The first-order valence-corrected chi connectivity index (χ1v) is 21.7. The molecule has 0 amide bonds. The minimum Gasteiger partial charge on any atom is -0.480 e. The number of ether oxygens (including phenoxy) is 2. The maximum atomic E-state index is 12.6. The Morgan fingerprint density at radius 2 is 1.02 bits per heavy atom. The highest BCUT2D eigenvalue weighted by atomic mass is 31.2. The number of carboxylic acid groups (broad SMARTS) is 1. The van der Waals surface area contributed by atoms with Gasteiger partial charge in [-0.15, -0.1) is 0 Å². The van der Waals surface area contributed by atoms with Gasteiger partial charge in [-0.05, 0) is 57.8 Å². The largest absolute Gasteiger partial charge is 0.480 e. The van der Waals surface area contributed by atoms with Gasteiger partial charge in [0.05, 0.1) is 13.2 Å². The Bertz CT molecular complexity index is 1250. The standard InChI is InChI=1S/C43H70NO10P/c1-3-5-7-9-11-13-15-17-18-19-20-21-23-24-26-28-30-32-34-41(45)51-36-39(37-52-55(49,50)53-38-40(44)43(47)48)54-42(46)35-33-31-29-27-25-22-16-14-12-10-8-6-4-2/h6,8,10-21,39-40H,3-5,7,9,22-38,44H2,1-2H3,(H,47,48)(H,49,50)/b8-6+,12-10+,13-11+,16-14+,17-15+,19-18+,21-20+/t39?,40-/m1/s1. The highest BCUT2D eigenvalue weighted by Gasteiger charge is 2.28. The van der Waals surface area contributed by atoms with Gasteiger partial charge >= 0.3 is 25.7 Å². The third-order valence-corrected chi connectivity index (χ3v) is 8.98. The number of aliphatic carboxylic acids is 1. The summed E-state index contributed by atoms with van der Waals surface area (Å²) in [5, 5.41) is 8.87. The number of rotatable bonds is 36. The smallest absolute Gasteiger partial charge is 0.472 e. The molecule has 0 aliphatic heterocycles. The number of carboxylic acids is 1. The van der Waals surface area contributed by atoms with E-state index < -0.39 is 51.1 Å². The molecule has 0 radical (unpaired) electrons. The zero-order valence-electron chi connectivity index (χ0n) is 33.5. The summed E-state index contributed by atoms with van der Waals surface area (Å²) in [5.41, 5.74) is 5.32. The molecular formula is C43H70NO10P. The van der Waals surface area contributed by atoms with Crippen molar-refractivity contribution in [3.05, 3.63) is 85.1 Å². The van der Waals surface area contributed by atoms with E-state index in [9.17, 15) is 23.8 Å². The molecular weight excluding hydrogens is 721 g/mol. The normalized spacial score (nSPS) is 14.7. The molecule has 3 atom stereocenters. The van der Waals surface area contributed by atoms with Gasteiger partial charge in [0.15, 0.2) is 6.10 Å². The Balaban J connectivity index is 4.50. The van der Waals surface area contributed by atoms with Crippen LogP contribution in [0.2, 0.25) is 0 Å². The van der Waals surface area contributed by atoms with Gasteiger partial charge in [-0.25, -0.2) is 4.57 Å². The summed E-state index contributed by atoms with van der Waals surface area (Å²) in [6, 6.07) is -1.53. The Morgan fingerprint density at radius 3 is 1.53 bits per heavy atom. The number of unbranched alkanes of at least 4 members (excludes halogenated alkanes) is 13. The van der Waals surface area contributed by atoms with Gasteiger partial charge in [-0.2, -0.15) is 0 Å². The summed E-state index contributed by atoms with van der Waals surface area (Å²) in [7, 11) is -4.73. The Morgan fingerprint density at radius 1 is 0.582 bits per heavy atom. The Kier molecular flexibility index (Phi) is 35.3. The number of nitrogens with two attached hydrogens (primary N) is 1. The number of esters is 2. The van der Waals surface area contributed by atoms with Gasteiger partial charge in [0, 0.05) is 12.8 Å². The first kappa shape index (κ1) is 51.7. The van der Waals surface area contributed by atoms with Crippen molar-refractivity contribution < 1.29 is 47.5 Å². The van der Waals surface area contributed by atoms with E-state index >= 15 is 0 Å². The number of allylic oxidation sites excluding steroid dienone is 14. The zero-order valence-corrected chi connectivity index (χ0v) is 34.4. The maximum absolute atomic E-state index is 12.6. The topological polar surface area (TPSA) is 172 Å².